The minimum absolute atomic E-state index is 0.183. The molecule has 0 saturated carbocycles. The van der Waals surface area contributed by atoms with Gasteiger partial charge in [-0.05, 0) is 43.5 Å². The normalized spacial score (nSPS) is 22.1. The highest BCUT2D eigenvalue weighted by atomic mass is 16.3. The second kappa shape index (κ2) is 7.92. The van der Waals surface area contributed by atoms with Gasteiger partial charge in [-0.25, -0.2) is 0 Å². The molecule has 0 heterocycles. The van der Waals surface area contributed by atoms with Gasteiger partial charge in [0.25, 0.3) is 0 Å². The van der Waals surface area contributed by atoms with Crippen molar-refractivity contribution in [3.05, 3.63) is 35.4 Å². The largest absolute Gasteiger partial charge is 0.394 e. The molecule has 2 N–H and O–H groups in total. The summed E-state index contributed by atoms with van der Waals surface area (Å²) in [6, 6.07) is 8.63. The maximum atomic E-state index is 10.1. The van der Waals surface area contributed by atoms with Gasteiger partial charge < -0.3 is 15.3 Å². The van der Waals surface area contributed by atoms with Crippen LogP contribution in [0.15, 0.2) is 24.3 Å². The molecule has 1 atom stereocenters. The number of hydrogen-bond acceptors (Lipinski definition) is 3. The summed E-state index contributed by atoms with van der Waals surface area (Å²) >= 11 is 0. The SMILES string of the molecule is CCN(CC)CCNC1(CO)CCCCc2ccccc21. The van der Waals surface area contributed by atoms with Crippen molar-refractivity contribution >= 4 is 0 Å². The summed E-state index contributed by atoms with van der Waals surface area (Å²) in [6.45, 7) is 8.72. The lowest BCUT2D eigenvalue weighted by Crippen LogP contribution is -2.48. The molecule has 3 nitrogen and oxygen atoms in total. The Morgan fingerprint density at radius 3 is 2.67 bits per heavy atom. The van der Waals surface area contributed by atoms with Crippen molar-refractivity contribution in [2.45, 2.75) is 45.1 Å². The molecular weight excluding hydrogens is 260 g/mol. The molecule has 2 rings (SSSR count). The topological polar surface area (TPSA) is 35.5 Å². The van der Waals surface area contributed by atoms with E-state index in [9.17, 15) is 5.11 Å². The monoisotopic (exact) mass is 290 g/mol. The number of aliphatic hydroxyl groups excluding tert-OH is 1. The van der Waals surface area contributed by atoms with E-state index in [1.165, 1.54) is 24.0 Å². The quantitative estimate of drug-likeness (QED) is 0.758. The van der Waals surface area contributed by atoms with Gasteiger partial charge in [-0.15, -0.1) is 0 Å². The standard InChI is InChI=1S/C18H30N2O/c1-3-20(4-2)14-13-19-18(15-21)12-8-7-10-16-9-5-6-11-17(16)18/h5-6,9,11,19,21H,3-4,7-8,10,12-15H2,1-2H3. The van der Waals surface area contributed by atoms with Crippen LogP contribution in [0.25, 0.3) is 0 Å². The Bertz CT molecular complexity index is 431. The van der Waals surface area contributed by atoms with Crippen molar-refractivity contribution in [2.75, 3.05) is 32.8 Å². The van der Waals surface area contributed by atoms with Crippen molar-refractivity contribution in [2.24, 2.45) is 0 Å². The maximum Gasteiger partial charge on any atom is 0.0672 e. The number of likely N-dealkylation sites (N-methyl/N-ethyl adjacent to an activating group) is 1. The average molecular weight is 290 g/mol. The highest BCUT2D eigenvalue weighted by Gasteiger charge is 2.33. The molecule has 1 aliphatic carbocycles. The molecule has 118 valence electrons. The Labute approximate surface area is 129 Å². The van der Waals surface area contributed by atoms with Crippen molar-refractivity contribution in [1.82, 2.24) is 10.2 Å². The van der Waals surface area contributed by atoms with Crippen LogP contribution in [-0.2, 0) is 12.0 Å². The Hall–Kier alpha value is -0.900. The van der Waals surface area contributed by atoms with Gasteiger partial charge in [0, 0.05) is 13.1 Å². The van der Waals surface area contributed by atoms with Crippen LogP contribution in [0.2, 0.25) is 0 Å². The summed E-state index contributed by atoms with van der Waals surface area (Å²) in [5.74, 6) is 0. The van der Waals surface area contributed by atoms with E-state index in [4.69, 9.17) is 0 Å². The third-order valence-electron chi connectivity index (χ3n) is 4.89. The highest BCUT2D eigenvalue weighted by Crippen LogP contribution is 2.33. The molecule has 0 radical (unpaired) electrons. The predicted molar refractivity (Wildman–Crippen MR) is 88.6 cm³/mol. The van der Waals surface area contributed by atoms with Gasteiger partial charge in [-0.3, -0.25) is 0 Å². The first-order chi connectivity index (χ1) is 10.3. The zero-order valence-electron chi connectivity index (χ0n) is 13.6. The molecule has 0 saturated heterocycles. The summed E-state index contributed by atoms with van der Waals surface area (Å²) < 4.78 is 0. The van der Waals surface area contributed by atoms with Crippen LogP contribution in [0.3, 0.4) is 0 Å². The van der Waals surface area contributed by atoms with Crippen molar-refractivity contribution in [1.29, 1.82) is 0 Å². The number of fused-ring (bicyclic) bond motifs is 1. The zero-order chi connectivity index (χ0) is 15.1. The van der Waals surface area contributed by atoms with Crippen molar-refractivity contribution < 1.29 is 5.11 Å². The van der Waals surface area contributed by atoms with Crippen LogP contribution in [0.5, 0.6) is 0 Å². The fraction of sp³-hybridized carbons (Fsp3) is 0.667. The average Bonchev–Trinajstić information content (AvgIpc) is 2.72. The van der Waals surface area contributed by atoms with Gasteiger partial charge >= 0.3 is 0 Å². The van der Waals surface area contributed by atoms with E-state index in [1.807, 2.05) is 0 Å². The summed E-state index contributed by atoms with van der Waals surface area (Å²) in [6.07, 6.45) is 4.55. The summed E-state index contributed by atoms with van der Waals surface area (Å²) in [7, 11) is 0. The first kappa shape index (κ1) is 16.5. The molecule has 0 fully saturated rings. The van der Waals surface area contributed by atoms with E-state index in [0.717, 1.165) is 39.0 Å². The maximum absolute atomic E-state index is 10.1. The number of benzene rings is 1. The van der Waals surface area contributed by atoms with Crippen LogP contribution in [-0.4, -0.2) is 42.8 Å². The Kier molecular flexibility index (Phi) is 6.22. The third kappa shape index (κ3) is 3.85. The first-order valence-electron chi connectivity index (χ1n) is 8.42. The summed E-state index contributed by atoms with van der Waals surface area (Å²) in [4.78, 5) is 2.42. The van der Waals surface area contributed by atoms with Gasteiger partial charge in [0.2, 0.25) is 0 Å². The van der Waals surface area contributed by atoms with E-state index >= 15 is 0 Å². The minimum Gasteiger partial charge on any atom is -0.394 e. The lowest BCUT2D eigenvalue weighted by Gasteiger charge is -2.35. The van der Waals surface area contributed by atoms with Gasteiger partial charge in [0.1, 0.15) is 0 Å². The number of nitrogens with one attached hydrogen (secondary N) is 1. The number of aryl methyl sites for hydroxylation is 1. The van der Waals surface area contributed by atoms with Crippen LogP contribution >= 0.6 is 0 Å². The Morgan fingerprint density at radius 2 is 1.95 bits per heavy atom. The minimum atomic E-state index is -0.250. The second-order valence-corrected chi connectivity index (χ2v) is 6.06. The zero-order valence-corrected chi connectivity index (χ0v) is 13.6. The predicted octanol–water partition coefficient (Wildman–Crippen LogP) is 2.53. The smallest absolute Gasteiger partial charge is 0.0672 e. The molecule has 0 spiro atoms. The Morgan fingerprint density at radius 1 is 1.19 bits per heavy atom. The van der Waals surface area contributed by atoms with Gasteiger partial charge in [0.15, 0.2) is 0 Å². The number of aliphatic hydroxyl groups is 1. The molecule has 1 aromatic rings. The van der Waals surface area contributed by atoms with Crippen LogP contribution < -0.4 is 5.32 Å². The molecule has 0 aromatic heterocycles. The second-order valence-electron chi connectivity index (χ2n) is 6.06. The van der Waals surface area contributed by atoms with Crippen LogP contribution in [0, 0.1) is 0 Å². The summed E-state index contributed by atoms with van der Waals surface area (Å²) in [5, 5.41) is 13.8. The van der Waals surface area contributed by atoms with Crippen LogP contribution in [0.4, 0.5) is 0 Å². The van der Waals surface area contributed by atoms with Gasteiger partial charge in [0.05, 0.1) is 12.1 Å². The van der Waals surface area contributed by atoms with Crippen LogP contribution in [0.1, 0.15) is 44.2 Å². The molecule has 1 aliphatic rings. The summed E-state index contributed by atoms with van der Waals surface area (Å²) in [5.41, 5.74) is 2.46. The molecule has 0 bridgehead atoms. The molecular formula is C18H30N2O. The first-order valence-corrected chi connectivity index (χ1v) is 8.42. The van der Waals surface area contributed by atoms with E-state index < -0.39 is 0 Å². The van der Waals surface area contributed by atoms with Gasteiger partial charge in [-0.1, -0.05) is 44.5 Å². The molecule has 1 unspecified atom stereocenters. The van der Waals surface area contributed by atoms with Crippen molar-refractivity contribution in [3.8, 4) is 0 Å². The lowest BCUT2D eigenvalue weighted by atomic mass is 9.85. The number of rotatable bonds is 7. The molecule has 0 amide bonds. The van der Waals surface area contributed by atoms with E-state index in [0.29, 0.717) is 0 Å². The highest BCUT2D eigenvalue weighted by molar-refractivity contribution is 5.35. The third-order valence-corrected chi connectivity index (χ3v) is 4.89. The number of hydrogen-bond donors (Lipinski definition) is 2. The Balaban J connectivity index is 2.12. The molecule has 21 heavy (non-hydrogen) atoms. The van der Waals surface area contributed by atoms with Gasteiger partial charge in [-0.2, -0.15) is 0 Å². The molecule has 3 heteroatoms. The van der Waals surface area contributed by atoms with E-state index in [-0.39, 0.29) is 12.1 Å². The molecule has 1 aromatic carbocycles. The van der Waals surface area contributed by atoms with E-state index in [1.54, 1.807) is 0 Å². The number of nitrogens with zero attached hydrogens (tertiary/aromatic N) is 1. The molecule has 0 aliphatic heterocycles. The fourth-order valence-electron chi connectivity index (χ4n) is 3.48. The fourth-order valence-corrected chi connectivity index (χ4v) is 3.48. The van der Waals surface area contributed by atoms with Crippen molar-refractivity contribution in [3.63, 3.8) is 0 Å². The van der Waals surface area contributed by atoms with E-state index in [2.05, 4.69) is 48.3 Å². The lowest BCUT2D eigenvalue weighted by molar-refractivity contribution is 0.144.